The highest BCUT2D eigenvalue weighted by molar-refractivity contribution is 5.78. The Bertz CT molecular complexity index is 186. The van der Waals surface area contributed by atoms with E-state index in [0.717, 1.165) is 25.9 Å². The third-order valence-electron chi connectivity index (χ3n) is 2.94. The molecule has 14 heavy (non-hydrogen) atoms. The Morgan fingerprint density at radius 1 is 1.29 bits per heavy atom. The van der Waals surface area contributed by atoms with Crippen molar-refractivity contribution in [2.75, 3.05) is 13.1 Å². The molecule has 1 aliphatic heterocycles. The van der Waals surface area contributed by atoms with Crippen LogP contribution >= 0.6 is 0 Å². The van der Waals surface area contributed by atoms with Crippen LogP contribution in [0, 0.1) is 11.8 Å². The molecular formula is C11H22N2O. The number of carbonyl (C=O) groups is 1. The smallest absolute Gasteiger partial charge is 0.223 e. The molecule has 2 N–H and O–H groups in total. The molecule has 1 rings (SSSR count). The SMILES string of the molecule is CC(C)NC(=O)C(C)C1CCNCC1. The summed E-state index contributed by atoms with van der Waals surface area (Å²) in [5.74, 6) is 0.946. The highest BCUT2D eigenvalue weighted by Crippen LogP contribution is 2.21. The normalized spacial score (nSPS) is 20.9. The van der Waals surface area contributed by atoms with Crippen molar-refractivity contribution in [1.82, 2.24) is 10.6 Å². The van der Waals surface area contributed by atoms with Crippen LogP contribution in [-0.2, 0) is 4.79 Å². The first-order valence-electron chi connectivity index (χ1n) is 5.62. The fraction of sp³-hybridized carbons (Fsp3) is 0.909. The Hall–Kier alpha value is -0.570. The van der Waals surface area contributed by atoms with Crippen molar-refractivity contribution in [1.29, 1.82) is 0 Å². The van der Waals surface area contributed by atoms with Crippen molar-refractivity contribution in [3.8, 4) is 0 Å². The molecule has 0 radical (unpaired) electrons. The van der Waals surface area contributed by atoms with E-state index in [9.17, 15) is 4.79 Å². The molecule has 1 aliphatic rings. The van der Waals surface area contributed by atoms with E-state index in [1.165, 1.54) is 0 Å². The van der Waals surface area contributed by atoms with Gasteiger partial charge < -0.3 is 10.6 Å². The van der Waals surface area contributed by atoms with Gasteiger partial charge >= 0.3 is 0 Å². The van der Waals surface area contributed by atoms with Crippen molar-refractivity contribution in [2.24, 2.45) is 11.8 Å². The minimum atomic E-state index is 0.166. The zero-order valence-corrected chi connectivity index (χ0v) is 9.47. The topological polar surface area (TPSA) is 41.1 Å². The van der Waals surface area contributed by atoms with Crippen molar-refractivity contribution in [3.63, 3.8) is 0 Å². The van der Waals surface area contributed by atoms with Crippen molar-refractivity contribution in [2.45, 2.75) is 39.7 Å². The number of nitrogens with one attached hydrogen (secondary N) is 2. The summed E-state index contributed by atoms with van der Waals surface area (Å²) in [6.07, 6.45) is 2.26. The molecule has 1 fully saturated rings. The first-order valence-corrected chi connectivity index (χ1v) is 5.62. The van der Waals surface area contributed by atoms with Crippen LogP contribution in [0.1, 0.15) is 33.6 Å². The van der Waals surface area contributed by atoms with Crippen LogP contribution in [0.3, 0.4) is 0 Å². The van der Waals surface area contributed by atoms with Crippen LogP contribution < -0.4 is 10.6 Å². The van der Waals surface area contributed by atoms with Gasteiger partial charge in [-0.1, -0.05) is 6.92 Å². The van der Waals surface area contributed by atoms with Gasteiger partial charge in [-0.15, -0.1) is 0 Å². The average molecular weight is 198 g/mol. The number of rotatable bonds is 3. The highest BCUT2D eigenvalue weighted by atomic mass is 16.1. The van der Waals surface area contributed by atoms with E-state index in [-0.39, 0.29) is 17.9 Å². The third-order valence-corrected chi connectivity index (χ3v) is 2.94. The second kappa shape index (κ2) is 5.35. The van der Waals surface area contributed by atoms with E-state index in [4.69, 9.17) is 0 Å². The Balaban J connectivity index is 2.38. The molecule has 0 bridgehead atoms. The molecule has 1 heterocycles. The molecule has 0 aromatic heterocycles. The quantitative estimate of drug-likeness (QED) is 0.714. The molecule has 1 unspecified atom stereocenters. The summed E-state index contributed by atoms with van der Waals surface area (Å²) in [5, 5.41) is 6.30. The van der Waals surface area contributed by atoms with Gasteiger partial charge in [0.2, 0.25) is 5.91 Å². The van der Waals surface area contributed by atoms with Gasteiger partial charge in [0.1, 0.15) is 0 Å². The molecule has 0 aromatic rings. The standard InChI is InChI=1S/C11H22N2O/c1-8(2)13-11(14)9(3)10-4-6-12-7-5-10/h8-10,12H,4-7H2,1-3H3,(H,13,14). The van der Waals surface area contributed by atoms with E-state index in [2.05, 4.69) is 10.6 Å². The van der Waals surface area contributed by atoms with E-state index in [1.807, 2.05) is 20.8 Å². The van der Waals surface area contributed by atoms with Gasteiger partial charge in [-0.25, -0.2) is 0 Å². The second-order valence-electron chi connectivity index (χ2n) is 4.54. The maximum absolute atomic E-state index is 11.7. The fourth-order valence-electron chi connectivity index (χ4n) is 1.97. The molecule has 0 aliphatic carbocycles. The maximum Gasteiger partial charge on any atom is 0.223 e. The monoisotopic (exact) mass is 198 g/mol. The Morgan fingerprint density at radius 3 is 2.36 bits per heavy atom. The van der Waals surface area contributed by atoms with Crippen LogP contribution in [0.5, 0.6) is 0 Å². The van der Waals surface area contributed by atoms with Gasteiger partial charge in [0.05, 0.1) is 0 Å². The van der Waals surface area contributed by atoms with Crippen molar-refractivity contribution < 1.29 is 4.79 Å². The lowest BCUT2D eigenvalue weighted by Gasteiger charge is -2.28. The maximum atomic E-state index is 11.7. The van der Waals surface area contributed by atoms with Gasteiger partial charge in [-0.2, -0.15) is 0 Å². The molecule has 3 nitrogen and oxygen atoms in total. The summed E-state index contributed by atoms with van der Waals surface area (Å²) in [5.41, 5.74) is 0. The van der Waals surface area contributed by atoms with Gasteiger partial charge in [-0.3, -0.25) is 4.79 Å². The molecule has 3 heteroatoms. The minimum Gasteiger partial charge on any atom is -0.354 e. The number of hydrogen-bond acceptors (Lipinski definition) is 2. The number of carbonyl (C=O) groups excluding carboxylic acids is 1. The van der Waals surface area contributed by atoms with Crippen molar-refractivity contribution >= 4 is 5.91 Å². The first-order chi connectivity index (χ1) is 6.61. The van der Waals surface area contributed by atoms with Crippen LogP contribution in [0.2, 0.25) is 0 Å². The molecule has 1 atom stereocenters. The molecule has 0 spiro atoms. The summed E-state index contributed by atoms with van der Waals surface area (Å²) in [6, 6.07) is 0.256. The predicted octanol–water partition coefficient (Wildman–Crippen LogP) is 1.15. The van der Waals surface area contributed by atoms with Crippen molar-refractivity contribution in [3.05, 3.63) is 0 Å². The third kappa shape index (κ3) is 3.29. The molecule has 82 valence electrons. The number of amides is 1. The van der Waals surface area contributed by atoms with E-state index in [1.54, 1.807) is 0 Å². The summed E-state index contributed by atoms with van der Waals surface area (Å²) in [7, 11) is 0. The lowest BCUT2D eigenvalue weighted by molar-refractivity contribution is -0.126. The largest absolute Gasteiger partial charge is 0.354 e. The minimum absolute atomic E-state index is 0.166. The molecule has 1 amide bonds. The lowest BCUT2D eigenvalue weighted by atomic mass is 9.85. The van der Waals surface area contributed by atoms with Crippen LogP contribution in [0.15, 0.2) is 0 Å². The first kappa shape index (κ1) is 11.5. The van der Waals surface area contributed by atoms with Gasteiger partial charge in [-0.05, 0) is 45.7 Å². The van der Waals surface area contributed by atoms with Gasteiger partial charge in [0.15, 0.2) is 0 Å². The molecular weight excluding hydrogens is 176 g/mol. The van der Waals surface area contributed by atoms with Crippen LogP contribution in [0.25, 0.3) is 0 Å². The zero-order valence-electron chi connectivity index (χ0n) is 9.47. The molecule has 1 saturated heterocycles. The predicted molar refractivity (Wildman–Crippen MR) is 58.0 cm³/mol. The lowest BCUT2D eigenvalue weighted by Crippen LogP contribution is -2.40. The summed E-state index contributed by atoms with van der Waals surface area (Å²) < 4.78 is 0. The highest BCUT2D eigenvalue weighted by Gasteiger charge is 2.25. The number of hydrogen-bond donors (Lipinski definition) is 2. The Labute approximate surface area is 86.6 Å². The molecule has 0 saturated carbocycles. The van der Waals surface area contributed by atoms with Gasteiger partial charge in [0.25, 0.3) is 0 Å². The fourth-order valence-corrected chi connectivity index (χ4v) is 1.97. The Kier molecular flexibility index (Phi) is 4.39. The van der Waals surface area contributed by atoms with Crippen LogP contribution in [-0.4, -0.2) is 25.0 Å². The van der Waals surface area contributed by atoms with E-state index >= 15 is 0 Å². The van der Waals surface area contributed by atoms with E-state index in [0.29, 0.717) is 5.92 Å². The van der Waals surface area contributed by atoms with Crippen LogP contribution in [0.4, 0.5) is 0 Å². The van der Waals surface area contributed by atoms with E-state index < -0.39 is 0 Å². The zero-order chi connectivity index (χ0) is 10.6. The second-order valence-corrected chi connectivity index (χ2v) is 4.54. The summed E-state index contributed by atoms with van der Waals surface area (Å²) >= 11 is 0. The summed E-state index contributed by atoms with van der Waals surface area (Å²) in [6.45, 7) is 8.18. The molecule has 0 aromatic carbocycles. The average Bonchev–Trinajstić information content (AvgIpc) is 2.17. The summed E-state index contributed by atoms with van der Waals surface area (Å²) in [4.78, 5) is 11.7. The van der Waals surface area contributed by atoms with Gasteiger partial charge in [0, 0.05) is 12.0 Å². The Morgan fingerprint density at radius 2 is 1.86 bits per heavy atom. The number of piperidine rings is 1.